The van der Waals surface area contributed by atoms with Crippen molar-refractivity contribution >= 4 is 5.97 Å². The quantitative estimate of drug-likeness (QED) is 0.494. The normalized spacial score (nSPS) is 40.9. The second-order valence-electron chi connectivity index (χ2n) is 4.14. The maximum absolute atomic E-state index is 11.6. The van der Waals surface area contributed by atoms with Crippen molar-refractivity contribution in [2.75, 3.05) is 13.7 Å². The molecule has 3 heteroatoms. The van der Waals surface area contributed by atoms with Gasteiger partial charge in [-0.3, -0.25) is 4.79 Å². The lowest BCUT2D eigenvalue weighted by molar-refractivity contribution is -0.146. The predicted octanol–water partition coefficient (Wildman–Crippen LogP) is 1.39. The van der Waals surface area contributed by atoms with Gasteiger partial charge in [0.25, 0.3) is 0 Å². The number of rotatable bonds is 2. The van der Waals surface area contributed by atoms with Crippen LogP contribution in [0.3, 0.4) is 0 Å². The van der Waals surface area contributed by atoms with Gasteiger partial charge < -0.3 is 9.47 Å². The third-order valence-corrected chi connectivity index (χ3v) is 3.22. The molecule has 2 rings (SSSR count). The number of hydrogen-bond donors (Lipinski definition) is 0. The summed E-state index contributed by atoms with van der Waals surface area (Å²) in [6.07, 6.45) is 5.16. The molecule has 0 amide bonds. The van der Waals surface area contributed by atoms with Gasteiger partial charge in [-0.1, -0.05) is 19.1 Å². The second-order valence-corrected chi connectivity index (χ2v) is 4.14. The molecule has 14 heavy (non-hydrogen) atoms. The van der Waals surface area contributed by atoms with Gasteiger partial charge in [-0.25, -0.2) is 0 Å². The van der Waals surface area contributed by atoms with Crippen LogP contribution in [0, 0.1) is 17.8 Å². The summed E-state index contributed by atoms with van der Waals surface area (Å²) in [4.78, 5) is 11.6. The standard InChI is InChI=1S/C11H16O3/c1-7-4-3-5-8-9(6-13-2)14-11(12)10(7)8/h3-4,7-10H,5-6H2,1-2H3/t7-,8-,9-,10-/m1/s1. The van der Waals surface area contributed by atoms with E-state index < -0.39 is 0 Å². The van der Waals surface area contributed by atoms with Gasteiger partial charge in [-0.2, -0.15) is 0 Å². The van der Waals surface area contributed by atoms with E-state index in [1.165, 1.54) is 0 Å². The average Bonchev–Trinajstić information content (AvgIpc) is 2.46. The molecule has 0 spiro atoms. The molecule has 0 bridgehead atoms. The minimum Gasteiger partial charge on any atom is -0.459 e. The van der Waals surface area contributed by atoms with Crippen molar-refractivity contribution in [3.8, 4) is 0 Å². The SMILES string of the molecule is COC[C@H]1OC(=O)[C@H]2[C@@H]1CC=C[C@H]2C. The fourth-order valence-corrected chi connectivity index (χ4v) is 2.52. The molecule has 0 radical (unpaired) electrons. The van der Waals surface area contributed by atoms with Crippen molar-refractivity contribution < 1.29 is 14.3 Å². The van der Waals surface area contributed by atoms with Gasteiger partial charge in [-0.05, 0) is 12.3 Å². The van der Waals surface area contributed by atoms with Crippen LogP contribution in [0.5, 0.6) is 0 Å². The van der Waals surface area contributed by atoms with Crippen LogP contribution in [0.1, 0.15) is 13.3 Å². The lowest BCUT2D eigenvalue weighted by atomic mass is 9.76. The van der Waals surface area contributed by atoms with Gasteiger partial charge in [0.05, 0.1) is 12.5 Å². The third-order valence-electron chi connectivity index (χ3n) is 3.22. The van der Waals surface area contributed by atoms with E-state index in [0.29, 0.717) is 18.4 Å². The molecular formula is C11H16O3. The molecule has 1 heterocycles. The van der Waals surface area contributed by atoms with E-state index in [9.17, 15) is 4.79 Å². The Kier molecular flexibility index (Phi) is 2.59. The molecule has 0 aromatic rings. The minimum atomic E-state index is -0.0473. The number of allylic oxidation sites excluding steroid dienone is 2. The van der Waals surface area contributed by atoms with Crippen molar-refractivity contribution in [1.29, 1.82) is 0 Å². The van der Waals surface area contributed by atoms with Crippen LogP contribution in [-0.4, -0.2) is 25.8 Å². The van der Waals surface area contributed by atoms with E-state index in [4.69, 9.17) is 9.47 Å². The van der Waals surface area contributed by atoms with Gasteiger partial charge in [0.1, 0.15) is 6.10 Å². The van der Waals surface area contributed by atoms with Crippen molar-refractivity contribution in [2.45, 2.75) is 19.4 Å². The van der Waals surface area contributed by atoms with Crippen molar-refractivity contribution in [3.05, 3.63) is 12.2 Å². The smallest absolute Gasteiger partial charge is 0.310 e. The molecule has 1 aliphatic carbocycles. The van der Waals surface area contributed by atoms with E-state index in [1.807, 2.05) is 0 Å². The first-order chi connectivity index (χ1) is 6.74. The van der Waals surface area contributed by atoms with Gasteiger partial charge in [0.2, 0.25) is 0 Å². The number of hydrogen-bond acceptors (Lipinski definition) is 3. The number of fused-ring (bicyclic) bond motifs is 1. The first-order valence-corrected chi connectivity index (χ1v) is 5.10. The Bertz CT molecular complexity index is 259. The zero-order chi connectivity index (χ0) is 10.1. The number of carbonyl (C=O) groups excluding carboxylic acids is 1. The minimum absolute atomic E-state index is 0.0371. The van der Waals surface area contributed by atoms with Gasteiger partial charge in [-0.15, -0.1) is 0 Å². The lowest BCUT2D eigenvalue weighted by Gasteiger charge is -2.25. The molecule has 0 N–H and O–H groups in total. The zero-order valence-corrected chi connectivity index (χ0v) is 8.60. The molecule has 0 aromatic heterocycles. The van der Waals surface area contributed by atoms with Gasteiger partial charge in [0.15, 0.2) is 0 Å². The molecule has 3 nitrogen and oxygen atoms in total. The second kappa shape index (κ2) is 3.73. The molecule has 0 saturated carbocycles. The fourth-order valence-electron chi connectivity index (χ4n) is 2.52. The van der Waals surface area contributed by atoms with Crippen LogP contribution >= 0.6 is 0 Å². The summed E-state index contributed by atoms with van der Waals surface area (Å²) in [5, 5.41) is 0. The number of ether oxygens (including phenoxy) is 2. The monoisotopic (exact) mass is 196 g/mol. The summed E-state index contributed by atoms with van der Waals surface area (Å²) < 4.78 is 10.4. The summed E-state index contributed by atoms with van der Waals surface area (Å²) in [6, 6.07) is 0. The topological polar surface area (TPSA) is 35.5 Å². The summed E-state index contributed by atoms with van der Waals surface area (Å²) in [5.41, 5.74) is 0. The fraction of sp³-hybridized carbons (Fsp3) is 0.727. The van der Waals surface area contributed by atoms with E-state index in [0.717, 1.165) is 6.42 Å². The molecule has 4 atom stereocenters. The van der Waals surface area contributed by atoms with Crippen LogP contribution in [-0.2, 0) is 14.3 Å². The molecule has 0 aromatic carbocycles. The van der Waals surface area contributed by atoms with Crippen molar-refractivity contribution in [3.63, 3.8) is 0 Å². The Balaban J connectivity index is 2.15. The number of methoxy groups -OCH3 is 1. The molecule has 1 aliphatic heterocycles. The van der Waals surface area contributed by atoms with Crippen LogP contribution in [0.2, 0.25) is 0 Å². The molecule has 2 aliphatic rings. The summed E-state index contributed by atoms with van der Waals surface area (Å²) >= 11 is 0. The molecule has 1 fully saturated rings. The third kappa shape index (κ3) is 1.46. The molecule has 1 saturated heterocycles. The Morgan fingerprint density at radius 2 is 2.43 bits per heavy atom. The summed E-state index contributed by atoms with van der Waals surface area (Å²) in [7, 11) is 1.64. The Morgan fingerprint density at radius 3 is 3.14 bits per heavy atom. The van der Waals surface area contributed by atoms with Crippen LogP contribution in [0.15, 0.2) is 12.2 Å². The Hall–Kier alpha value is -0.830. The number of carbonyl (C=O) groups is 1. The molecule has 0 unspecified atom stereocenters. The zero-order valence-electron chi connectivity index (χ0n) is 8.60. The van der Waals surface area contributed by atoms with E-state index in [1.54, 1.807) is 7.11 Å². The summed E-state index contributed by atoms with van der Waals surface area (Å²) in [5.74, 6) is 0.639. The van der Waals surface area contributed by atoms with Gasteiger partial charge >= 0.3 is 5.97 Å². The van der Waals surface area contributed by atoms with Crippen LogP contribution in [0.4, 0.5) is 0 Å². The first kappa shape index (κ1) is 9.71. The van der Waals surface area contributed by atoms with E-state index >= 15 is 0 Å². The highest BCUT2D eigenvalue weighted by Crippen LogP contribution is 2.39. The lowest BCUT2D eigenvalue weighted by Crippen LogP contribution is -2.29. The maximum Gasteiger partial charge on any atom is 0.310 e. The van der Waals surface area contributed by atoms with Gasteiger partial charge in [0, 0.05) is 13.0 Å². The molecular weight excluding hydrogens is 180 g/mol. The average molecular weight is 196 g/mol. The van der Waals surface area contributed by atoms with Crippen LogP contribution < -0.4 is 0 Å². The maximum atomic E-state index is 11.6. The predicted molar refractivity (Wildman–Crippen MR) is 51.7 cm³/mol. The van der Waals surface area contributed by atoms with Crippen molar-refractivity contribution in [1.82, 2.24) is 0 Å². The Morgan fingerprint density at radius 1 is 1.64 bits per heavy atom. The van der Waals surface area contributed by atoms with Crippen molar-refractivity contribution in [2.24, 2.45) is 17.8 Å². The number of esters is 1. The summed E-state index contributed by atoms with van der Waals surface area (Å²) in [6.45, 7) is 2.59. The largest absolute Gasteiger partial charge is 0.459 e. The highest BCUT2D eigenvalue weighted by molar-refractivity contribution is 5.76. The molecule has 78 valence electrons. The van der Waals surface area contributed by atoms with Crippen LogP contribution in [0.25, 0.3) is 0 Å². The van der Waals surface area contributed by atoms with E-state index in [2.05, 4.69) is 19.1 Å². The highest BCUT2D eigenvalue weighted by atomic mass is 16.6. The van der Waals surface area contributed by atoms with E-state index in [-0.39, 0.29) is 18.0 Å². The Labute approximate surface area is 84.1 Å². The first-order valence-electron chi connectivity index (χ1n) is 5.10. The number of cyclic esters (lactones) is 1. The highest BCUT2D eigenvalue weighted by Gasteiger charge is 2.47.